The Morgan fingerprint density at radius 2 is 2.03 bits per heavy atom. The monoisotopic (exact) mass is 505 g/mol. The van der Waals surface area contributed by atoms with Crippen molar-refractivity contribution in [3.63, 3.8) is 0 Å². The number of rotatable bonds is 6. The van der Waals surface area contributed by atoms with Gasteiger partial charge in [0.25, 0.3) is 5.69 Å². The molecule has 166 valence electrons. The SMILES string of the molecule is C=CCOc1ccc(C2=NN3[C@@H](c4cccc([N+](=O)[O-])c4)Oc4ccc(Br)cc4[C@@H]3C2)cc1. The van der Waals surface area contributed by atoms with Crippen molar-refractivity contribution in [2.24, 2.45) is 5.10 Å². The Hall–Kier alpha value is -3.65. The molecule has 0 aliphatic carbocycles. The molecule has 2 atom stereocenters. The zero-order valence-corrected chi connectivity index (χ0v) is 19.1. The van der Waals surface area contributed by atoms with Crippen molar-refractivity contribution < 1.29 is 14.4 Å². The van der Waals surface area contributed by atoms with Crippen LogP contribution in [-0.4, -0.2) is 22.3 Å². The van der Waals surface area contributed by atoms with Gasteiger partial charge in [0.2, 0.25) is 6.23 Å². The third-order valence-electron chi connectivity index (χ3n) is 5.67. The number of hydrogen-bond donors (Lipinski definition) is 0. The standard InChI is InChI=1S/C25H20BrN3O4/c1-2-12-32-20-9-6-16(7-10-20)22-15-23-21-14-18(26)8-11-24(21)33-25(28(23)27-22)17-4-3-5-19(13-17)29(30)31/h2-11,13-14,23,25H,1,12,15H2/t23-,25+/m0/s1. The van der Waals surface area contributed by atoms with E-state index < -0.39 is 11.2 Å². The third kappa shape index (κ3) is 4.09. The van der Waals surface area contributed by atoms with E-state index in [4.69, 9.17) is 14.6 Å². The molecule has 5 rings (SSSR count). The van der Waals surface area contributed by atoms with E-state index in [2.05, 4.69) is 22.5 Å². The number of hydrazone groups is 1. The van der Waals surface area contributed by atoms with E-state index in [1.54, 1.807) is 18.2 Å². The number of nitrogens with zero attached hydrogens (tertiary/aromatic N) is 3. The van der Waals surface area contributed by atoms with Crippen LogP contribution in [0.4, 0.5) is 5.69 Å². The number of hydrogen-bond acceptors (Lipinski definition) is 6. The van der Waals surface area contributed by atoms with Gasteiger partial charge in [0.15, 0.2) is 0 Å². The lowest BCUT2D eigenvalue weighted by atomic mass is 9.96. The van der Waals surface area contributed by atoms with Crippen LogP contribution in [-0.2, 0) is 0 Å². The molecule has 0 saturated carbocycles. The molecular formula is C25H20BrN3O4. The number of ether oxygens (including phenoxy) is 2. The Morgan fingerprint density at radius 3 is 2.79 bits per heavy atom. The molecule has 0 saturated heterocycles. The lowest BCUT2D eigenvalue weighted by molar-refractivity contribution is -0.385. The van der Waals surface area contributed by atoms with Crippen LogP contribution in [0, 0.1) is 10.1 Å². The highest BCUT2D eigenvalue weighted by atomic mass is 79.9. The van der Waals surface area contributed by atoms with Gasteiger partial charge in [0, 0.05) is 34.2 Å². The molecule has 3 aromatic rings. The first-order valence-electron chi connectivity index (χ1n) is 10.4. The first-order valence-corrected chi connectivity index (χ1v) is 11.2. The summed E-state index contributed by atoms with van der Waals surface area (Å²) in [7, 11) is 0. The molecule has 2 aliphatic rings. The van der Waals surface area contributed by atoms with Crippen LogP contribution in [0.15, 0.2) is 89.0 Å². The van der Waals surface area contributed by atoms with Gasteiger partial charge in [-0.1, -0.05) is 40.7 Å². The fraction of sp³-hybridized carbons (Fsp3) is 0.160. The largest absolute Gasteiger partial charge is 0.490 e. The number of nitro benzene ring substituents is 1. The molecule has 0 aromatic heterocycles. The van der Waals surface area contributed by atoms with E-state index in [0.29, 0.717) is 18.6 Å². The maximum atomic E-state index is 11.3. The topological polar surface area (TPSA) is 77.2 Å². The fourth-order valence-electron chi connectivity index (χ4n) is 4.14. The Bertz CT molecular complexity index is 1260. The van der Waals surface area contributed by atoms with Gasteiger partial charge in [-0.3, -0.25) is 10.1 Å². The first-order chi connectivity index (χ1) is 16.0. The van der Waals surface area contributed by atoms with Crippen LogP contribution in [0.1, 0.15) is 35.4 Å². The Kier molecular flexibility index (Phi) is 5.60. The van der Waals surface area contributed by atoms with Crippen LogP contribution in [0.2, 0.25) is 0 Å². The summed E-state index contributed by atoms with van der Waals surface area (Å²) in [6.07, 6.45) is 1.82. The van der Waals surface area contributed by atoms with Gasteiger partial charge in [-0.25, -0.2) is 5.01 Å². The second kappa shape index (κ2) is 8.71. The maximum Gasteiger partial charge on any atom is 0.269 e. The highest BCUT2D eigenvalue weighted by Gasteiger charge is 2.41. The molecular weight excluding hydrogens is 486 g/mol. The number of halogens is 1. The van der Waals surface area contributed by atoms with Crippen molar-refractivity contribution in [1.29, 1.82) is 0 Å². The summed E-state index contributed by atoms with van der Waals surface area (Å²) in [4.78, 5) is 10.9. The van der Waals surface area contributed by atoms with Gasteiger partial charge in [-0.2, -0.15) is 5.10 Å². The van der Waals surface area contributed by atoms with Gasteiger partial charge in [-0.05, 0) is 48.0 Å². The Morgan fingerprint density at radius 1 is 1.21 bits per heavy atom. The summed E-state index contributed by atoms with van der Waals surface area (Å²) in [6, 6.07) is 20.2. The minimum absolute atomic E-state index is 0.0211. The molecule has 0 radical (unpaired) electrons. The van der Waals surface area contributed by atoms with Gasteiger partial charge in [-0.15, -0.1) is 0 Å². The number of non-ortho nitro benzene ring substituents is 1. The van der Waals surface area contributed by atoms with E-state index in [0.717, 1.165) is 32.8 Å². The van der Waals surface area contributed by atoms with Crippen LogP contribution in [0.3, 0.4) is 0 Å². The molecule has 2 aliphatic heterocycles. The van der Waals surface area contributed by atoms with Crippen LogP contribution >= 0.6 is 15.9 Å². The lowest BCUT2D eigenvalue weighted by Gasteiger charge is -2.38. The van der Waals surface area contributed by atoms with Crippen LogP contribution in [0.5, 0.6) is 11.5 Å². The average Bonchev–Trinajstić information content (AvgIpc) is 3.28. The Labute approximate surface area is 199 Å². The van der Waals surface area contributed by atoms with Crippen LogP contribution < -0.4 is 9.47 Å². The van der Waals surface area contributed by atoms with Crippen LogP contribution in [0.25, 0.3) is 0 Å². The second-order valence-electron chi connectivity index (χ2n) is 7.78. The zero-order valence-electron chi connectivity index (χ0n) is 17.6. The predicted octanol–water partition coefficient (Wildman–Crippen LogP) is 6.16. The van der Waals surface area contributed by atoms with E-state index in [9.17, 15) is 10.1 Å². The minimum atomic E-state index is -0.573. The molecule has 0 unspecified atom stereocenters. The van der Waals surface area contributed by atoms with Gasteiger partial charge < -0.3 is 9.47 Å². The van der Waals surface area contributed by atoms with Crippen molar-refractivity contribution in [1.82, 2.24) is 5.01 Å². The molecule has 0 N–H and O–H groups in total. The molecule has 2 heterocycles. The van der Waals surface area contributed by atoms with Gasteiger partial charge in [0.1, 0.15) is 18.1 Å². The van der Waals surface area contributed by atoms with Crippen molar-refractivity contribution >= 4 is 27.3 Å². The number of benzene rings is 3. The highest BCUT2D eigenvalue weighted by molar-refractivity contribution is 9.10. The summed E-state index contributed by atoms with van der Waals surface area (Å²) in [6.45, 7) is 4.12. The summed E-state index contributed by atoms with van der Waals surface area (Å²) in [5, 5.41) is 18.2. The van der Waals surface area contributed by atoms with Crippen molar-refractivity contribution in [2.75, 3.05) is 6.61 Å². The smallest absolute Gasteiger partial charge is 0.269 e. The molecule has 0 bridgehead atoms. The van der Waals surface area contributed by atoms with Crippen molar-refractivity contribution in [3.8, 4) is 11.5 Å². The molecule has 33 heavy (non-hydrogen) atoms. The number of nitro groups is 1. The molecule has 8 heteroatoms. The second-order valence-corrected chi connectivity index (χ2v) is 8.69. The van der Waals surface area contributed by atoms with E-state index >= 15 is 0 Å². The van der Waals surface area contributed by atoms with E-state index in [1.807, 2.05) is 53.5 Å². The quantitative estimate of drug-likeness (QED) is 0.227. The van der Waals surface area contributed by atoms with Gasteiger partial charge >= 0.3 is 0 Å². The normalized spacial score (nSPS) is 18.6. The summed E-state index contributed by atoms with van der Waals surface area (Å²) in [5.74, 6) is 1.52. The first kappa shape index (κ1) is 21.2. The summed E-state index contributed by atoms with van der Waals surface area (Å²) in [5.41, 5.74) is 3.64. The van der Waals surface area contributed by atoms with Crippen molar-refractivity contribution in [3.05, 3.63) is 111 Å². The summed E-state index contributed by atoms with van der Waals surface area (Å²) >= 11 is 3.55. The Balaban J connectivity index is 1.53. The maximum absolute atomic E-state index is 11.3. The number of fused-ring (bicyclic) bond motifs is 3. The van der Waals surface area contributed by atoms with Gasteiger partial charge in [0.05, 0.1) is 16.7 Å². The van der Waals surface area contributed by atoms with Crippen molar-refractivity contribution in [2.45, 2.75) is 18.7 Å². The molecule has 0 spiro atoms. The molecule has 3 aromatic carbocycles. The molecule has 0 amide bonds. The molecule has 0 fully saturated rings. The summed E-state index contributed by atoms with van der Waals surface area (Å²) < 4.78 is 12.9. The lowest BCUT2D eigenvalue weighted by Crippen LogP contribution is -2.33. The predicted molar refractivity (Wildman–Crippen MR) is 128 cm³/mol. The average molecular weight is 506 g/mol. The minimum Gasteiger partial charge on any atom is -0.490 e. The zero-order chi connectivity index (χ0) is 22.9. The third-order valence-corrected chi connectivity index (χ3v) is 6.17. The highest BCUT2D eigenvalue weighted by Crippen LogP contribution is 2.48. The fourth-order valence-corrected chi connectivity index (χ4v) is 4.52. The van der Waals surface area contributed by atoms with E-state index in [1.165, 1.54) is 6.07 Å². The molecule has 7 nitrogen and oxygen atoms in total. The van der Waals surface area contributed by atoms with E-state index in [-0.39, 0.29) is 11.7 Å².